The first kappa shape index (κ1) is 109. The lowest BCUT2D eigenvalue weighted by Crippen LogP contribution is -2.27. The molecule has 16 rings (SSSR count). The predicted molar refractivity (Wildman–Crippen MR) is 633 cm³/mol. The van der Waals surface area contributed by atoms with Crippen molar-refractivity contribution in [3.63, 3.8) is 0 Å². The van der Waals surface area contributed by atoms with E-state index in [-0.39, 0.29) is 44.6 Å². The Bertz CT molecular complexity index is 5990. The van der Waals surface area contributed by atoms with Gasteiger partial charge in [0.05, 0.1) is 19.6 Å². The number of imide groups is 4. The number of rotatable bonds is 56. The Kier molecular flexibility index (Phi) is 39.6. The van der Waals surface area contributed by atoms with Crippen molar-refractivity contribution in [3.8, 4) is 80.8 Å². The Balaban J connectivity index is 0.994. The zero-order chi connectivity index (χ0) is 101. The largest absolute Gasteiger partial charge is 0.293 e. The first-order valence-electron chi connectivity index (χ1n) is 54.1. The molecular formula is C120H142N4O8S12. The summed E-state index contributed by atoms with van der Waals surface area (Å²) in [7, 11) is 0. The van der Waals surface area contributed by atoms with Gasteiger partial charge >= 0.3 is 0 Å². The Hall–Kier alpha value is -7.56. The van der Waals surface area contributed by atoms with Crippen molar-refractivity contribution < 1.29 is 38.4 Å². The molecule has 12 nitrogen and oxygen atoms in total. The molecule has 12 heterocycles. The molecule has 0 N–H and O–H groups in total. The lowest BCUT2D eigenvalue weighted by atomic mass is 9.85. The predicted octanol–water partition coefficient (Wildman–Crippen LogP) is 39.6. The monoisotopic (exact) mass is 2150 g/mol. The molecule has 4 fully saturated rings. The standard InChI is InChI=1S/C120H142N4O8S12/c1-13-25-33-41-49-75-61-99(133-91(75)71-103-113(125)121(21-9)117(129)141-103)109-79(53-45-37-29-17-5)65-95(137-109)87-69-88(96-66-80(54-46-38-30-18-6)110(138-96)100-62-76(50-42-34-26-14-2)92(134-100)72-104-114(126)122(22-10)118(130)142-104)84-59-60-86-90(98-68-82(56-48-40-32-20-8)112(140-98)102-64-78(52-44-36-28-16-4)94(136-102)74-106-116(128)124(24-12)120(132)144-106)70-89(85-58-57-83(87)107(84)108(85)86)97-67-81(55-47-39-31-19-7)111(139-97)101-63-77(51-43-35-27-15-3)93(135-101)73-105-115(127)123(23-11)119(131)143-105/h57-74H,13-56H2,1-12H3/b103-71-,104-72-,105-73-,106-74-. The normalized spacial score (nSPS) is 15.6. The van der Waals surface area contributed by atoms with E-state index in [1.54, 1.807) is 45.3 Å². The third-order valence-electron chi connectivity index (χ3n) is 28.7. The van der Waals surface area contributed by atoms with Crippen LogP contribution in [0.15, 0.2) is 105 Å². The molecule has 4 aliphatic heterocycles. The summed E-state index contributed by atoms with van der Waals surface area (Å²) < 4.78 is 0. The van der Waals surface area contributed by atoms with Crippen LogP contribution in [0.2, 0.25) is 0 Å². The molecule has 0 aliphatic carbocycles. The molecule has 0 saturated carbocycles. The van der Waals surface area contributed by atoms with Crippen LogP contribution in [0.25, 0.3) is 137 Å². The van der Waals surface area contributed by atoms with Crippen LogP contribution in [0, 0.1) is 0 Å². The fraction of sp³-hybridized carbons (Fsp3) is 0.467. The van der Waals surface area contributed by atoms with E-state index in [4.69, 9.17) is 0 Å². The quantitative estimate of drug-likeness (QED) is 0.0203. The molecule has 8 amide bonds. The van der Waals surface area contributed by atoms with Crippen LogP contribution in [-0.4, -0.2) is 90.4 Å². The zero-order valence-corrected chi connectivity index (χ0v) is 96.3. The van der Waals surface area contributed by atoms with Crippen LogP contribution in [0.3, 0.4) is 0 Å². The molecular weight excluding hydrogens is 2010 g/mol. The van der Waals surface area contributed by atoms with Gasteiger partial charge in [-0.25, -0.2) is 0 Å². The van der Waals surface area contributed by atoms with E-state index in [2.05, 4.69) is 140 Å². The Morgan fingerprint density at radius 1 is 0.208 bits per heavy atom. The van der Waals surface area contributed by atoms with E-state index >= 15 is 0 Å². The summed E-state index contributed by atoms with van der Waals surface area (Å²) >= 11 is 19.0. The second kappa shape index (κ2) is 52.3. The molecule has 0 atom stereocenters. The second-order valence-electron chi connectivity index (χ2n) is 39.1. The van der Waals surface area contributed by atoms with Crippen molar-refractivity contribution in [1.82, 2.24) is 19.6 Å². The molecule has 8 aromatic heterocycles. The average molecular weight is 2150 g/mol. The summed E-state index contributed by atoms with van der Waals surface area (Å²) in [6.07, 6.45) is 50.5. The minimum Gasteiger partial charge on any atom is -0.269 e. The van der Waals surface area contributed by atoms with Crippen molar-refractivity contribution in [1.29, 1.82) is 0 Å². The van der Waals surface area contributed by atoms with Crippen LogP contribution < -0.4 is 0 Å². The smallest absolute Gasteiger partial charge is 0.269 e. The number of amides is 8. The van der Waals surface area contributed by atoms with Crippen LogP contribution in [-0.2, 0) is 70.5 Å². The number of benzene rings is 4. The highest BCUT2D eigenvalue weighted by molar-refractivity contribution is 8.19. The molecule has 0 bridgehead atoms. The van der Waals surface area contributed by atoms with Crippen molar-refractivity contribution in [2.45, 2.75) is 340 Å². The number of hydrogen-bond donors (Lipinski definition) is 0. The molecule has 24 heteroatoms. The van der Waals surface area contributed by atoms with E-state index in [9.17, 15) is 38.4 Å². The molecule has 4 aliphatic rings. The number of hydrogen-bond acceptors (Lipinski definition) is 20. The molecule has 4 saturated heterocycles. The highest BCUT2D eigenvalue weighted by atomic mass is 32.2. The van der Waals surface area contributed by atoms with Gasteiger partial charge in [-0.05, 0) is 339 Å². The van der Waals surface area contributed by atoms with Crippen molar-refractivity contribution >= 4 is 239 Å². The van der Waals surface area contributed by atoms with Gasteiger partial charge in [-0.1, -0.05) is 234 Å². The minimum absolute atomic E-state index is 0.219. The average Bonchev–Trinajstić information content (AvgIpc) is 1.45. The number of likely N-dealkylation sites (N-methyl/N-ethyl adjacent to an activating group) is 4. The molecule has 12 aromatic rings. The number of carbonyl (C=O) groups excluding carboxylic acids is 8. The highest BCUT2D eigenvalue weighted by Gasteiger charge is 2.40. The lowest BCUT2D eigenvalue weighted by molar-refractivity contribution is -0.123. The number of aryl methyl sites for hydroxylation is 8. The maximum Gasteiger partial charge on any atom is 0.293 e. The topological polar surface area (TPSA) is 150 Å². The first-order chi connectivity index (χ1) is 70.2. The molecule has 144 heavy (non-hydrogen) atoms. The fourth-order valence-corrected chi connectivity index (χ4v) is 34.6. The van der Waals surface area contributed by atoms with Gasteiger partial charge in [0.1, 0.15) is 0 Å². The third-order valence-corrected chi connectivity index (χ3v) is 42.4. The zero-order valence-electron chi connectivity index (χ0n) is 86.5. The van der Waals surface area contributed by atoms with Crippen LogP contribution in [0.4, 0.5) is 19.2 Å². The summed E-state index contributed by atoms with van der Waals surface area (Å²) in [5.41, 5.74) is 14.9. The first-order valence-corrected chi connectivity index (χ1v) is 63.9. The van der Waals surface area contributed by atoms with Gasteiger partial charge in [-0.15, -0.1) is 90.7 Å². The van der Waals surface area contributed by atoms with Gasteiger partial charge in [-0.3, -0.25) is 58.0 Å². The highest BCUT2D eigenvalue weighted by Crippen LogP contribution is 2.58. The number of carbonyl (C=O) groups is 8. The number of thioether (sulfide) groups is 4. The summed E-state index contributed by atoms with van der Waals surface area (Å²) in [6, 6.07) is 35.0. The Morgan fingerprint density at radius 3 is 0.562 bits per heavy atom. The van der Waals surface area contributed by atoms with E-state index in [1.165, 1.54) is 177 Å². The summed E-state index contributed by atoms with van der Waals surface area (Å²) in [5.74, 6) is -0.881. The molecule has 4 aromatic carbocycles. The van der Waals surface area contributed by atoms with Gasteiger partial charge in [0.2, 0.25) is 0 Å². The third kappa shape index (κ3) is 24.8. The number of thiophene rings is 8. The molecule has 0 spiro atoms. The summed E-state index contributed by atoms with van der Waals surface area (Å²) in [5, 5.41) is 6.32. The number of nitrogens with zero attached hydrogens (tertiary/aromatic N) is 4. The lowest BCUT2D eigenvalue weighted by Gasteiger charge is -2.20. The summed E-state index contributed by atoms with van der Waals surface area (Å²) in [4.78, 5) is 137. The molecule has 0 unspecified atom stereocenters. The van der Waals surface area contributed by atoms with E-state index in [0.717, 1.165) is 323 Å². The van der Waals surface area contributed by atoms with Gasteiger partial charge in [0.15, 0.2) is 0 Å². The van der Waals surface area contributed by atoms with Crippen molar-refractivity contribution in [2.75, 3.05) is 26.2 Å². The van der Waals surface area contributed by atoms with Gasteiger partial charge in [-0.2, -0.15) is 0 Å². The van der Waals surface area contributed by atoms with Crippen molar-refractivity contribution in [3.05, 3.63) is 169 Å². The van der Waals surface area contributed by atoms with E-state index in [1.807, 2.05) is 97.3 Å². The van der Waals surface area contributed by atoms with Gasteiger partial charge in [0, 0.05) is 126 Å². The van der Waals surface area contributed by atoms with Gasteiger partial charge < -0.3 is 0 Å². The van der Waals surface area contributed by atoms with Crippen LogP contribution in [0.5, 0.6) is 0 Å². The Labute approximate surface area is 903 Å². The summed E-state index contributed by atoms with van der Waals surface area (Å²) in [6.45, 7) is 27.0. The fourth-order valence-electron chi connectivity index (χ4n) is 20.6. The number of unbranched alkanes of at least 4 members (excludes halogenated alkanes) is 24. The molecule has 762 valence electrons. The van der Waals surface area contributed by atoms with E-state index in [0.29, 0.717) is 45.8 Å². The second-order valence-corrected chi connectivity index (χ2v) is 51.6. The SMILES string of the molecule is CCCCCCc1cc(-c2sc(-c3cc(-c4cc(CCCCCC)c(-c5cc(CCCCCC)c(/C=C6\SC(=O)N(CC)C6=O)s5)s4)c4ccc5c(-c6cc(CCCCCC)c(-c7cc(CCCCCC)c(/C=C8\SC(=O)N(CC)C8=O)s7)s6)cc(-c6cc(CCCCCC)c(-c7cc(CCCCCC)c(/C=C8\SC(=O)N(CC)C8=O)s7)s6)c6ccc3c4c65)cc2CCCCCC)sc1/C=C1\SC(=O)N(CC)C1=O. The minimum atomic E-state index is -0.220. The van der Waals surface area contributed by atoms with Crippen LogP contribution in [0.1, 0.15) is 353 Å². The van der Waals surface area contributed by atoms with Gasteiger partial charge in [0.25, 0.3) is 44.6 Å². The Morgan fingerprint density at radius 2 is 0.389 bits per heavy atom. The van der Waals surface area contributed by atoms with Crippen LogP contribution >= 0.6 is 138 Å². The maximum absolute atomic E-state index is 14.2. The molecule has 0 radical (unpaired) electrons. The maximum atomic E-state index is 14.2. The van der Waals surface area contributed by atoms with E-state index < -0.39 is 0 Å². The van der Waals surface area contributed by atoms with Crippen molar-refractivity contribution in [2.24, 2.45) is 0 Å².